The van der Waals surface area contributed by atoms with E-state index in [-0.39, 0.29) is 18.8 Å². The first kappa shape index (κ1) is 23.6. The summed E-state index contributed by atoms with van der Waals surface area (Å²) >= 11 is 12.5. The molecule has 0 bridgehead atoms. The number of hydrogen-bond donors (Lipinski definition) is 2. The van der Waals surface area contributed by atoms with Gasteiger partial charge in [-0.25, -0.2) is 4.98 Å². The first-order chi connectivity index (χ1) is 16.4. The molecule has 34 heavy (non-hydrogen) atoms. The molecular weight excluding hydrogens is 477 g/mol. The molecule has 0 spiro atoms. The standard InChI is InChI=1S/C23H29Cl2N7O2/c1-14(17-4-3-16(24)9-18(17)25)26-22-21-19(12-30(2)29-21)27-23(28-22)32-10-15(11-32)20-13-31(5-7-33)6-8-34-20/h3-4,9,12,14-15,20,33H,5-8,10-11,13H2,1-2H3,(H,26,27,28)/t14-,20-/m1/s1. The van der Waals surface area contributed by atoms with Gasteiger partial charge < -0.3 is 20.1 Å². The van der Waals surface area contributed by atoms with Crippen LogP contribution in [0.5, 0.6) is 0 Å². The van der Waals surface area contributed by atoms with Crippen molar-refractivity contribution < 1.29 is 9.84 Å². The minimum absolute atomic E-state index is 0.102. The maximum Gasteiger partial charge on any atom is 0.228 e. The number of hydrogen-bond acceptors (Lipinski definition) is 8. The smallest absolute Gasteiger partial charge is 0.228 e. The summed E-state index contributed by atoms with van der Waals surface area (Å²) in [5.74, 6) is 1.76. The highest BCUT2D eigenvalue weighted by atomic mass is 35.5. The fourth-order valence-corrected chi connectivity index (χ4v) is 5.23. The molecular formula is C23H29Cl2N7O2. The van der Waals surface area contributed by atoms with Crippen LogP contribution in [0.3, 0.4) is 0 Å². The SMILES string of the molecule is C[C@@H](Nc1nc(N2CC([C@H]3CN(CCO)CCO3)C2)nc2cn(C)nc12)c1ccc(Cl)cc1Cl. The van der Waals surface area contributed by atoms with Crippen LogP contribution in [-0.4, -0.2) is 81.8 Å². The third-order valence-corrected chi connectivity index (χ3v) is 7.12. The molecule has 4 heterocycles. The number of benzene rings is 1. The normalized spacial score (nSPS) is 20.5. The molecule has 182 valence electrons. The molecule has 3 aromatic rings. The van der Waals surface area contributed by atoms with Crippen LogP contribution >= 0.6 is 23.2 Å². The van der Waals surface area contributed by atoms with Gasteiger partial charge in [-0.15, -0.1) is 0 Å². The van der Waals surface area contributed by atoms with Crippen molar-refractivity contribution in [2.75, 3.05) is 56.2 Å². The van der Waals surface area contributed by atoms with Crippen LogP contribution in [0.4, 0.5) is 11.8 Å². The molecule has 1 aromatic carbocycles. The predicted molar refractivity (Wildman–Crippen MR) is 134 cm³/mol. The van der Waals surface area contributed by atoms with Gasteiger partial charge in [-0.3, -0.25) is 9.58 Å². The van der Waals surface area contributed by atoms with Gasteiger partial charge in [0.1, 0.15) is 5.52 Å². The van der Waals surface area contributed by atoms with Gasteiger partial charge in [-0.1, -0.05) is 29.3 Å². The summed E-state index contributed by atoms with van der Waals surface area (Å²) in [6.45, 7) is 7.01. The zero-order valence-corrected chi connectivity index (χ0v) is 20.8. The molecule has 9 nitrogen and oxygen atoms in total. The monoisotopic (exact) mass is 505 g/mol. The number of morpholine rings is 1. The molecule has 2 aliphatic rings. The minimum atomic E-state index is -0.102. The Kier molecular flexibility index (Phi) is 6.81. The van der Waals surface area contributed by atoms with Crippen molar-refractivity contribution in [3.63, 3.8) is 0 Å². The number of ether oxygens (including phenoxy) is 1. The summed E-state index contributed by atoms with van der Waals surface area (Å²) in [6, 6.07) is 5.39. The Morgan fingerprint density at radius 2 is 2.06 bits per heavy atom. The lowest BCUT2D eigenvalue weighted by molar-refractivity contribution is -0.0658. The summed E-state index contributed by atoms with van der Waals surface area (Å²) in [5.41, 5.74) is 2.44. The van der Waals surface area contributed by atoms with Crippen LogP contribution in [0.2, 0.25) is 10.0 Å². The summed E-state index contributed by atoms with van der Waals surface area (Å²) in [4.78, 5) is 14.1. The van der Waals surface area contributed by atoms with Crippen molar-refractivity contribution in [2.45, 2.75) is 19.1 Å². The number of aryl methyl sites for hydroxylation is 1. The lowest BCUT2D eigenvalue weighted by Gasteiger charge is -2.46. The number of aliphatic hydroxyl groups excluding tert-OH is 1. The number of anilines is 2. The third-order valence-electron chi connectivity index (χ3n) is 6.56. The van der Waals surface area contributed by atoms with Gasteiger partial charge in [0, 0.05) is 55.7 Å². The first-order valence-electron chi connectivity index (χ1n) is 11.5. The molecule has 2 N–H and O–H groups in total. The number of β-amino-alcohol motifs (C(OH)–C–C–N with tert-alkyl or cyclic N) is 1. The van der Waals surface area contributed by atoms with Gasteiger partial charge in [0.25, 0.3) is 0 Å². The highest BCUT2D eigenvalue weighted by molar-refractivity contribution is 6.35. The highest BCUT2D eigenvalue weighted by Gasteiger charge is 2.38. The van der Waals surface area contributed by atoms with Gasteiger partial charge in [0.15, 0.2) is 11.3 Å². The molecule has 11 heteroatoms. The van der Waals surface area contributed by atoms with E-state index in [1.807, 2.05) is 32.3 Å². The van der Waals surface area contributed by atoms with E-state index in [0.29, 0.717) is 40.9 Å². The minimum Gasteiger partial charge on any atom is -0.395 e. The molecule has 0 unspecified atom stereocenters. The first-order valence-corrected chi connectivity index (χ1v) is 12.3. The largest absolute Gasteiger partial charge is 0.395 e. The van der Waals surface area contributed by atoms with Gasteiger partial charge in [-0.2, -0.15) is 10.1 Å². The fraction of sp³-hybridized carbons (Fsp3) is 0.522. The van der Waals surface area contributed by atoms with E-state index in [1.54, 1.807) is 10.7 Å². The number of nitrogens with one attached hydrogen (secondary N) is 1. The highest BCUT2D eigenvalue weighted by Crippen LogP contribution is 2.33. The zero-order chi connectivity index (χ0) is 23.8. The number of aliphatic hydroxyl groups is 1. The second kappa shape index (κ2) is 9.83. The Hall–Kier alpha value is -2.17. The van der Waals surface area contributed by atoms with Crippen LogP contribution in [0.15, 0.2) is 24.4 Å². The molecule has 0 saturated carbocycles. The van der Waals surface area contributed by atoms with Crippen molar-refractivity contribution in [2.24, 2.45) is 13.0 Å². The molecule has 0 amide bonds. The Morgan fingerprint density at radius 1 is 1.24 bits per heavy atom. The van der Waals surface area contributed by atoms with Crippen LogP contribution in [-0.2, 0) is 11.8 Å². The van der Waals surface area contributed by atoms with E-state index in [1.165, 1.54) is 0 Å². The Morgan fingerprint density at radius 3 is 2.82 bits per heavy atom. The number of aromatic nitrogens is 4. The molecule has 0 radical (unpaired) electrons. The van der Waals surface area contributed by atoms with Crippen molar-refractivity contribution >= 4 is 46.0 Å². The summed E-state index contributed by atoms with van der Waals surface area (Å²) in [6.07, 6.45) is 2.07. The summed E-state index contributed by atoms with van der Waals surface area (Å²) in [5, 5.41) is 18.5. The van der Waals surface area contributed by atoms with E-state index in [9.17, 15) is 5.11 Å². The van der Waals surface area contributed by atoms with E-state index >= 15 is 0 Å². The van der Waals surface area contributed by atoms with Crippen LogP contribution in [0.25, 0.3) is 11.0 Å². The quantitative estimate of drug-likeness (QED) is 0.506. The van der Waals surface area contributed by atoms with Gasteiger partial charge in [-0.05, 0) is 24.6 Å². The van der Waals surface area contributed by atoms with Crippen LogP contribution in [0, 0.1) is 5.92 Å². The second-order valence-electron chi connectivity index (χ2n) is 9.04. The number of fused-ring (bicyclic) bond motifs is 1. The van der Waals surface area contributed by atoms with Gasteiger partial charge in [0.05, 0.1) is 31.6 Å². The fourth-order valence-electron chi connectivity index (χ4n) is 4.66. The summed E-state index contributed by atoms with van der Waals surface area (Å²) < 4.78 is 7.77. The number of rotatable bonds is 7. The van der Waals surface area contributed by atoms with Crippen molar-refractivity contribution in [3.05, 3.63) is 40.0 Å². The topological polar surface area (TPSA) is 91.6 Å². The van der Waals surface area contributed by atoms with E-state index in [0.717, 1.165) is 42.8 Å². The second-order valence-corrected chi connectivity index (χ2v) is 9.88. The van der Waals surface area contributed by atoms with E-state index in [2.05, 4.69) is 20.2 Å². The van der Waals surface area contributed by atoms with E-state index in [4.69, 9.17) is 37.9 Å². The van der Waals surface area contributed by atoms with Crippen molar-refractivity contribution in [3.8, 4) is 0 Å². The third kappa shape index (κ3) is 4.81. The van der Waals surface area contributed by atoms with E-state index < -0.39 is 0 Å². The van der Waals surface area contributed by atoms with Gasteiger partial charge in [0.2, 0.25) is 5.95 Å². The van der Waals surface area contributed by atoms with Crippen molar-refractivity contribution in [1.82, 2.24) is 24.6 Å². The number of halogens is 2. The average molecular weight is 506 g/mol. The lowest BCUT2D eigenvalue weighted by atomic mass is 9.92. The van der Waals surface area contributed by atoms with Crippen molar-refractivity contribution in [1.29, 1.82) is 0 Å². The molecule has 2 aliphatic heterocycles. The van der Waals surface area contributed by atoms with Gasteiger partial charge >= 0.3 is 0 Å². The Balaban J connectivity index is 1.33. The number of nitrogens with zero attached hydrogens (tertiary/aromatic N) is 6. The maximum absolute atomic E-state index is 9.25. The molecule has 2 fully saturated rings. The predicted octanol–water partition coefficient (Wildman–Crippen LogP) is 2.97. The average Bonchev–Trinajstić information content (AvgIpc) is 3.14. The van der Waals surface area contributed by atoms with Crippen LogP contribution in [0.1, 0.15) is 18.5 Å². The molecule has 0 aliphatic carbocycles. The Bertz CT molecular complexity index is 1170. The maximum atomic E-state index is 9.25. The summed E-state index contributed by atoms with van der Waals surface area (Å²) in [7, 11) is 1.88. The zero-order valence-electron chi connectivity index (χ0n) is 19.3. The Labute approximate surface area is 208 Å². The molecule has 5 rings (SSSR count). The molecule has 2 aromatic heterocycles. The molecule has 2 atom stereocenters. The lowest BCUT2D eigenvalue weighted by Crippen LogP contribution is -2.58. The van der Waals surface area contributed by atoms with Crippen LogP contribution < -0.4 is 10.2 Å². The molecule has 2 saturated heterocycles.